The molecule has 0 radical (unpaired) electrons. The molecular formula is C24H13BrO2. The summed E-state index contributed by atoms with van der Waals surface area (Å²) in [6.07, 6.45) is 0. The Labute approximate surface area is 163 Å². The maximum Gasteiger partial charge on any atom is 0.136 e. The monoisotopic (exact) mass is 412 g/mol. The molecule has 0 unspecified atom stereocenters. The van der Waals surface area contributed by atoms with Gasteiger partial charge in [0.1, 0.15) is 22.3 Å². The molecule has 4 aromatic carbocycles. The van der Waals surface area contributed by atoms with Crippen molar-refractivity contribution in [1.82, 2.24) is 0 Å². The summed E-state index contributed by atoms with van der Waals surface area (Å²) >= 11 is 3.58. The maximum atomic E-state index is 6.15. The van der Waals surface area contributed by atoms with Gasteiger partial charge in [0, 0.05) is 26.0 Å². The Kier molecular flexibility index (Phi) is 3.06. The summed E-state index contributed by atoms with van der Waals surface area (Å²) in [5, 5.41) is 4.42. The Morgan fingerprint density at radius 1 is 0.519 bits per heavy atom. The zero-order chi connectivity index (χ0) is 18.0. The molecule has 27 heavy (non-hydrogen) atoms. The van der Waals surface area contributed by atoms with Gasteiger partial charge in [0.2, 0.25) is 0 Å². The van der Waals surface area contributed by atoms with E-state index < -0.39 is 0 Å². The largest absolute Gasteiger partial charge is 0.456 e. The first kappa shape index (κ1) is 15.1. The average Bonchev–Trinajstić information content (AvgIpc) is 3.25. The molecular weight excluding hydrogens is 400 g/mol. The molecule has 0 saturated carbocycles. The minimum absolute atomic E-state index is 0.878. The fraction of sp³-hybridized carbons (Fsp3) is 0. The summed E-state index contributed by atoms with van der Waals surface area (Å²) in [7, 11) is 0. The Morgan fingerprint density at radius 2 is 1.11 bits per heavy atom. The summed E-state index contributed by atoms with van der Waals surface area (Å²) in [6.45, 7) is 0. The number of hydrogen-bond acceptors (Lipinski definition) is 2. The quantitative estimate of drug-likeness (QED) is 0.274. The smallest absolute Gasteiger partial charge is 0.136 e. The van der Waals surface area contributed by atoms with Crippen LogP contribution in [-0.2, 0) is 0 Å². The van der Waals surface area contributed by atoms with Crippen molar-refractivity contribution in [2.45, 2.75) is 0 Å². The molecule has 0 atom stereocenters. The van der Waals surface area contributed by atoms with Crippen molar-refractivity contribution < 1.29 is 8.83 Å². The van der Waals surface area contributed by atoms with Crippen LogP contribution >= 0.6 is 15.9 Å². The number of fused-ring (bicyclic) bond motifs is 7. The van der Waals surface area contributed by atoms with E-state index in [4.69, 9.17) is 8.83 Å². The Bertz CT molecular complexity index is 1470. The number of rotatable bonds is 1. The third-order valence-electron chi connectivity index (χ3n) is 5.14. The molecule has 0 aliphatic rings. The SMILES string of the molecule is Brc1ccc2oc3ccc4oc5ccc(-c6ccccc6)cc5c4c3c2c1. The van der Waals surface area contributed by atoms with E-state index >= 15 is 0 Å². The average molecular weight is 413 g/mol. The van der Waals surface area contributed by atoms with Crippen molar-refractivity contribution in [3.05, 3.63) is 83.3 Å². The van der Waals surface area contributed by atoms with E-state index in [0.717, 1.165) is 48.3 Å². The van der Waals surface area contributed by atoms with Gasteiger partial charge < -0.3 is 8.83 Å². The molecule has 128 valence electrons. The van der Waals surface area contributed by atoms with Crippen LogP contribution in [0.4, 0.5) is 0 Å². The van der Waals surface area contributed by atoms with Gasteiger partial charge in [-0.15, -0.1) is 0 Å². The van der Waals surface area contributed by atoms with Crippen LogP contribution in [0.15, 0.2) is 92.2 Å². The van der Waals surface area contributed by atoms with Gasteiger partial charge in [-0.05, 0) is 53.6 Å². The summed E-state index contributed by atoms with van der Waals surface area (Å²) in [5.74, 6) is 0. The van der Waals surface area contributed by atoms with Gasteiger partial charge >= 0.3 is 0 Å². The molecule has 0 aliphatic carbocycles. The van der Waals surface area contributed by atoms with E-state index in [-0.39, 0.29) is 0 Å². The van der Waals surface area contributed by atoms with Gasteiger partial charge in [-0.3, -0.25) is 0 Å². The summed E-state index contributed by atoms with van der Waals surface area (Å²) < 4.78 is 13.3. The first-order chi connectivity index (χ1) is 13.3. The van der Waals surface area contributed by atoms with Crippen molar-refractivity contribution in [2.75, 3.05) is 0 Å². The van der Waals surface area contributed by atoms with Crippen LogP contribution < -0.4 is 0 Å². The van der Waals surface area contributed by atoms with E-state index in [1.54, 1.807) is 0 Å². The van der Waals surface area contributed by atoms with Crippen LogP contribution in [-0.4, -0.2) is 0 Å². The second-order valence-electron chi connectivity index (χ2n) is 6.73. The van der Waals surface area contributed by atoms with E-state index in [0.29, 0.717) is 0 Å². The summed E-state index contributed by atoms with van der Waals surface area (Å²) in [6, 6.07) is 26.9. The van der Waals surface area contributed by atoms with Gasteiger partial charge in [0.05, 0.1) is 0 Å². The fourth-order valence-electron chi connectivity index (χ4n) is 3.92. The lowest BCUT2D eigenvalue weighted by Gasteiger charge is -2.01. The zero-order valence-corrected chi connectivity index (χ0v) is 15.8. The molecule has 0 aliphatic heterocycles. The van der Waals surface area contributed by atoms with Crippen LogP contribution in [0.25, 0.3) is 55.0 Å². The molecule has 2 aromatic heterocycles. The second-order valence-corrected chi connectivity index (χ2v) is 7.65. The number of benzene rings is 4. The number of hydrogen-bond donors (Lipinski definition) is 0. The molecule has 0 spiro atoms. The van der Waals surface area contributed by atoms with Crippen molar-refractivity contribution >= 4 is 59.8 Å². The van der Waals surface area contributed by atoms with Gasteiger partial charge in [-0.2, -0.15) is 0 Å². The van der Waals surface area contributed by atoms with Crippen LogP contribution in [0.5, 0.6) is 0 Å². The highest BCUT2D eigenvalue weighted by Crippen LogP contribution is 2.41. The van der Waals surface area contributed by atoms with Gasteiger partial charge in [-0.25, -0.2) is 0 Å². The molecule has 2 nitrogen and oxygen atoms in total. The molecule has 6 aromatic rings. The maximum absolute atomic E-state index is 6.15. The predicted molar refractivity (Wildman–Crippen MR) is 114 cm³/mol. The van der Waals surface area contributed by atoms with Gasteiger partial charge in [-0.1, -0.05) is 52.3 Å². The minimum atomic E-state index is 0.878. The molecule has 0 fully saturated rings. The normalized spacial score (nSPS) is 11.9. The Balaban J connectivity index is 1.79. The first-order valence-corrected chi connectivity index (χ1v) is 9.60. The standard InChI is InChI=1S/C24H13BrO2/c25-16-7-9-20-18(13-16)24-22(27-20)11-10-21-23(24)17-12-15(6-8-19(17)26-21)14-4-2-1-3-5-14/h1-13H. The third-order valence-corrected chi connectivity index (χ3v) is 5.63. The fourth-order valence-corrected chi connectivity index (χ4v) is 4.28. The van der Waals surface area contributed by atoms with Crippen LogP contribution in [0.1, 0.15) is 0 Å². The van der Waals surface area contributed by atoms with Crippen molar-refractivity contribution in [2.24, 2.45) is 0 Å². The summed E-state index contributed by atoms with van der Waals surface area (Å²) in [5.41, 5.74) is 5.90. The number of halogens is 1. The first-order valence-electron chi connectivity index (χ1n) is 8.80. The molecule has 0 bridgehead atoms. The van der Waals surface area contributed by atoms with E-state index in [1.807, 2.05) is 30.3 Å². The van der Waals surface area contributed by atoms with Crippen LogP contribution in [0.3, 0.4) is 0 Å². The molecule has 3 heteroatoms. The highest BCUT2D eigenvalue weighted by molar-refractivity contribution is 9.10. The molecule has 0 amide bonds. The van der Waals surface area contributed by atoms with Gasteiger partial charge in [0.15, 0.2) is 0 Å². The molecule has 0 saturated heterocycles. The zero-order valence-electron chi connectivity index (χ0n) is 14.2. The lowest BCUT2D eigenvalue weighted by Crippen LogP contribution is -1.77. The summed E-state index contributed by atoms with van der Waals surface area (Å²) in [4.78, 5) is 0. The topological polar surface area (TPSA) is 26.3 Å². The predicted octanol–water partition coefficient (Wildman–Crippen LogP) is 7.91. The second kappa shape index (κ2) is 5.48. The molecule has 2 heterocycles. The highest BCUT2D eigenvalue weighted by Gasteiger charge is 2.16. The van der Waals surface area contributed by atoms with Crippen molar-refractivity contribution in [1.29, 1.82) is 0 Å². The molecule has 6 rings (SSSR count). The highest BCUT2D eigenvalue weighted by atomic mass is 79.9. The van der Waals surface area contributed by atoms with Crippen LogP contribution in [0.2, 0.25) is 0 Å². The minimum Gasteiger partial charge on any atom is -0.456 e. The van der Waals surface area contributed by atoms with Gasteiger partial charge in [0.25, 0.3) is 0 Å². The van der Waals surface area contributed by atoms with E-state index in [1.165, 1.54) is 11.1 Å². The van der Waals surface area contributed by atoms with Crippen molar-refractivity contribution in [3.8, 4) is 11.1 Å². The van der Waals surface area contributed by atoms with E-state index in [9.17, 15) is 0 Å². The van der Waals surface area contributed by atoms with Crippen LogP contribution in [0, 0.1) is 0 Å². The lowest BCUT2D eigenvalue weighted by molar-refractivity contribution is 0.663. The molecule has 0 N–H and O–H groups in total. The number of furan rings is 2. The Morgan fingerprint density at radius 3 is 1.81 bits per heavy atom. The lowest BCUT2D eigenvalue weighted by atomic mass is 10.0. The van der Waals surface area contributed by atoms with Crippen molar-refractivity contribution in [3.63, 3.8) is 0 Å². The Hall–Kier alpha value is -3.04. The third kappa shape index (κ3) is 2.18. The van der Waals surface area contributed by atoms with E-state index in [2.05, 4.69) is 64.5 Å².